The van der Waals surface area contributed by atoms with Gasteiger partial charge in [0, 0.05) is 18.3 Å². The first-order valence-electron chi connectivity index (χ1n) is 7.66. The standard InChI is InChI=1S/C19H21FN2O2/c1-12-11-13(17(23)21-4)5-10-16(12)22-18(24)19(2,3)14-6-8-15(20)9-7-14/h5-11H,1-4H3,(H,21,23)(H,22,24). The SMILES string of the molecule is CNC(=O)c1ccc(NC(=O)C(C)(C)c2ccc(F)cc2)c(C)c1. The number of halogens is 1. The third-order valence-corrected chi connectivity index (χ3v) is 4.10. The first-order valence-corrected chi connectivity index (χ1v) is 7.66. The zero-order valence-corrected chi connectivity index (χ0v) is 14.2. The van der Waals surface area contributed by atoms with Gasteiger partial charge in [-0.15, -0.1) is 0 Å². The van der Waals surface area contributed by atoms with Gasteiger partial charge in [-0.3, -0.25) is 9.59 Å². The molecule has 2 amide bonds. The van der Waals surface area contributed by atoms with E-state index in [0.717, 1.165) is 11.1 Å². The van der Waals surface area contributed by atoms with E-state index in [-0.39, 0.29) is 17.6 Å². The van der Waals surface area contributed by atoms with Gasteiger partial charge in [0.25, 0.3) is 5.91 Å². The Hall–Kier alpha value is -2.69. The molecule has 2 aromatic rings. The molecule has 0 aliphatic rings. The van der Waals surface area contributed by atoms with Crippen molar-refractivity contribution < 1.29 is 14.0 Å². The Morgan fingerprint density at radius 3 is 2.21 bits per heavy atom. The summed E-state index contributed by atoms with van der Waals surface area (Å²) in [6.07, 6.45) is 0. The van der Waals surface area contributed by atoms with E-state index in [4.69, 9.17) is 0 Å². The fraction of sp³-hybridized carbons (Fsp3) is 0.263. The minimum atomic E-state index is -0.820. The average molecular weight is 328 g/mol. The number of amides is 2. The Morgan fingerprint density at radius 1 is 1.04 bits per heavy atom. The molecule has 0 aromatic heterocycles. The molecular weight excluding hydrogens is 307 g/mol. The fourth-order valence-corrected chi connectivity index (χ4v) is 2.37. The zero-order chi connectivity index (χ0) is 17.9. The summed E-state index contributed by atoms with van der Waals surface area (Å²) in [6.45, 7) is 5.39. The van der Waals surface area contributed by atoms with E-state index in [2.05, 4.69) is 10.6 Å². The van der Waals surface area contributed by atoms with Crippen LogP contribution in [-0.2, 0) is 10.2 Å². The van der Waals surface area contributed by atoms with E-state index in [1.807, 2.05) is 6.92 Å². The van der Waals surface area contributed by atoms with Gasteiger partial charge in [0.1, 0.15) is 5.82 Å². The normalized spacial score (nSPS) is 11.0. The van der Waals surface area contributed by atoms with Crippen molar-refractivity contribution in [3.63, 3.8) is 0 Å². The molecule has 2 rings (SSSR count). The number of anilines is 1. The molecule has 5 heteroatoms. The quantitative estimate of drug-likeness (QED) is 0.903. The molecule has 0 bridgehead atoms. The van der Waals surface area contributed by atoms with Crippen LogP contribution in [0.5, 0.6) is 0 Å². The van der Waals surface area contributed by atoms with Gasteiger partial charge in [0.2, 0.25) is 5.91 Å². The van der Waals surface area contributed by atoms with E-state index in [1.165, 1.54) is 12.1 Å². The fourth-order valence-electron chi connectivity index (χ4n) is 2.37. The summed E-state index contributed by atoms with van der Waals surface area (Å²) in [5.41, 5.74) is 1.87. The van der Waals surface area contributed by atoms with Gasteiger partial charge in [-0.25, -0.2) is 4.39 Å². The lowest BCUT2D eigenvalue weighted by Crippen LogP contribution is -2.35. The Bertz CT molecular complexity index is 767. The van der Waals surface area contributed by atoms with Crippen molar-refractivity contribution in [3.8, 4) is 0 Å². The van der Waals surface area contributed by atoms with Crippen molar-refractivity contribution in [1.29, 1.82) is 0 Å². The maximum atomic E-state index is 13.1. The van der Waals surface area contributed by atoms with Crippen LogP contribution in [-0.4, -0.2) is 18.9 Å². The maximum Gasteiger partial charge on any atom is 0.251 e. The van der Waals surface area contributed by atoms with E-state index in [9.17, 15) is 14.0 Å². The lowest BCUT2D eigenvalue weighted by molar-refractivity contribution is -0.120. The van der Waals surface area contributed by atoms with Gasteiger partial charge in [-0.05, 0) is 62.2 Å². The monoisotopic (exact) mass is 328 g/mol. The largest absolute Gasteiger partial charge is 0.355 e. The Balaban J connectivity index is 2.22. The number of nitrogens with one attached hydrogen (secondary N) is 2. The highest BCUT2D eigenvalue weighted by molar-refractivity contribution is 6.00. The summed E-state index contributed by atoms with van der Waals surface area (Å²) in [7, 11) is 1.57. The highest BCUT2D eigenvalue weighted by Crippen LogP contribution is 2.26. The minimum absolute atomic E-state index is 0.178. The van der Waals surface area contributed by atoms with Crippen molar-refractivity contribution in [2.75, 3.05) is 12.4 Å². The number of rotatable bonds is 4. The first-order chi connectivity index (χ1) is 11.3. The van der Waals surface area contributed by atoms with Crippen LogP contribution in [0.15, 0.2) is 42.5 Å². The van der Waals surface area contributed by atoms with Gasteiger partial charge >= 0.3 is 0 Å². The maximum absolute atomic E-state index is 13.1. The summed E-state index contributed by atoms with van der Waals surface area (Å²) in [6, 6.07) is 11.0. The van der Waals surface area contributed by atoms with Crippen molar-refractivity contribution in [3.05, 3.63) is 65.0 Å². The van der Waals surface area contributed by atoms with Gasteiger partial charge in [-0.2, -0.15) is 0 Å². The van der Waals surface area contributed by atoms with Gasteiger partial charge in [0.05, 0.1) is 5.41 Å². The molecule has 2 aromatic carbocycles. The topological polar surface area (TPSA) is 58.2 Å². The second kappa shape index (κ2) is 6.83. The zero-order valence-electron chi connectivity index (χ0n) is 14.2. The second-order valence-corrected chi connectivity index (χ2v) is 6.19. The first kappa shape index (κ1) is 17.7. The van der Waals surface area contributed by atoms with Crippen LogP contribution in [0.25, 0.3) is 0 Å². The minimum Gasteiger partial charge on any atom is -0.355 e. The van der Waals surface area contributed by atoms with Gasteiger partial charge in [-0.1, -0.05) is 12.1 Å². The molecule has 4 nitrogen and oxygen atoms in total. The lowest BCUT2D eigenvalue weighted by Gasteiger charge is -2.25. The number of carbonyl (C=O) groups excluding carboxylic acids is 2. The van der Waals surface area contributed by atoms with Crippen LogP contribution in [0, 0.1) is 12.7 Å². The number of carbonyl (C=O) groups is 2. The summed E-state index contributed by atoms with van der Waals surface area (Å²) >= 11 is 0. The van der Waals surface area contributed by atoms with Crippen molar-refractivity contribution in [1.82, 2.24) is 5.32 Å². The molecule has 0 saturated carbocycles. The number of benzene rings is 2. The smallest absolute Gasteiger partial charge is 0.251 e. The number of hydrogen-bond donors (Lipinski definition) is 2. The molecule has 0 spiro atoms. The van der Waals surface area contributed by atoms with Crippen LogP contribution < -0.4 is 10.6 Å². The van der Waals surface area contributed by atoms with E-state index >= 15 is 0 Å². The summed E-state index contributed by atoms with van der Waals surface area (Å²) in [5, 5.41) is 5.45. The van der Waals surface area contributed by atoms with E-state index in [0.29, 0.717) is 11.3 Å². The lowest BCUT2D eigenvalue weighted by atomic mass is 9.83. The van der Waals surface area contributed by atoms with Gasteiger partial charge < -0.3 is 10.6 Å². The van der Waals surface area contributed by atoms with Crippen LogP contribution in [0.4, 0.5) is 10.1 Å². The molecule has 24 heavy (non-hydrogen) atoms. The average Bonchev–Trinajstić information content (AvgIpc) is 2.56. The molecule has 0 saturated heterocycles. The number of hydrogen-bond acceptors (Lipinski definition) is 2. The molecule has 126 valence electrons. The van der Waals surface area contributed by atoms with Crippen LogP contribution in [0.3, 0.4) is 0 Å². The van der Waals surface area contributed by atoms with E-state index < -0.39 is 5.41 Å². The Kier molecular flexibility index (Phi) is 5.02. The molecule has 0 unspecified atom stereocenters. The molecular formula is C19H21FN2O2. The van der Waals surface area contributed by atoms with Gasteiger partial charge in [0.15, 0.2) is 0 Å². The highest BCUT2D eigenvalue weighted by atomic mass is 19.1. The second-order valence-electron chi connectivity index (χ2n) is 6.19. The molecule has 0 heterocycles. The molecule has 2 N–H and O–H groups in total. The predicted octanol–water partition coefficient (Wildman–Crippen LogP) is 3.41. The van der Waals surface area contributed by atoms with Crippen molar-refractivity contribution >= 4 is 17.5 Å². The highest BCUT2D eigenvalue weighted by Gasteiger charge is 2.30. The molecule has 0 fully saturated rings. The third kappa shape index (κ3) is 3.62. The Labute approximate surface area is 141 Å². The molecule has 0 aliphatic carbocycles. The molecule has 0 radical (unpaired) electrons. The number of aryl methyl sites for hydroxylation is 1. The van der Waals surface area contributed by atoms with Crippen LogP contribution in [0.2, 0.25) is 0 Å². The molecule has 0 atom stereocenters. The Morgan fingerprint density at radius 2 is 1.67 bits per heavy atom. The molecule has 0 aliphatic heterocycles. The van der Waals surface area contributed by atoms with Crippen molar-refractivity contribution in [2.45, 2.75) is 26.2 Å². The van der Waals surface area contributed by atoms with Crippen LogP contribution in [0.1, 0.15) is 35.3 Å². The third-order valence-electron chi connectivity index (χ3n) is 4.10. The van der Waals surface area contributed by atoms with E-state index in [1.54, 1.807) is 51.2 Å². The van der Waals surface area contributed by atoms with Crippen molar-refractivity contribution in [2.24, 2.45) is 0 Å². The summed E-state index contributed by atoms with van der Waals surface area (Å²) in [4.78, 5) is 24.3. The summed E-state index contributed by atoms with van der Waals surface area (Å²) < 4.78 is 13.1. The predicted molar refractivity (Wildman–Crippen MR) is 92.6 cm³/mol. The summed E-state index contributed by atoms with van der Waals surface area (Å²) in [5.74, 6) is -0.719. The van der Waals surface area contributed by atoms with Crippen LogP contribution >= 0.6 is 0 Å².